The zero-order valence-corrected chi connectivity index (χ0v) is 18.4. The molecule has 0 bridgehead atoms. The molecule has 1 fully saturated rings. The van der Waals surface area contributed by atoms with Gasteiger partial charge in [0, 0.05) is 5.56 Å². The summed E-state index contributed by atoms with van der Waals surface area (Å²) < 4.78 is 30.1. The molecule has 0 aliphatic carbocycles. The number of fused-ring (bicyclic) bond motifs is 1. The number of allylic oxidation sites excluding steroid dienone is 1. The van der Waals surface area contributed by atoms with Crippen molar-refractivity contribution in [2.75, 3.05) is 20.3 Å². The van der Waals surface area contributed by atoms with Crippen molar-refractivity contribution >= 4 is 0 Å². The molecule has 2 aromatic rings. The smallest absolute Gasteiger partial charge is 0.184 e. The van der Waals surface area contributed by atoms with Gasteiger partial charge >= 0.3 is 0 Å². The summed E-state index contributed by atoms with van der Waals surface area (Å²) in [6, 6.07) is 18.1. The Kier molecular flexibility index (Phi) is 7.76. The fraction of sp³-hybridized carbons (Fsp3) is 0.462. The van der Waals surface area contributed by atoms with E-state index < -0.39 is 0 Å². The molecule has 31 heavy (non-hydrogen) atoms. The third-order valence-electron chi connectivity index (χ3n) is 5.79. The van der Waals surface area contributed by atoms with Crippen molar-refractivity contribution < 1.29 is 23.7 Å². The van der Waals surface area contributed by atoms with Crippen molar-refractivity contribution in [1.29, 1.82) is 0 Å². The summed E-state index contributed by atoms with van der Waals surface area (Å²) in [6.45, 7) is 3.81. The van der Waals surface area contributed by atoms with Crippen LogP contribution < -0.4 is 4.74 Å². The van der Waals surface area contributed by atoms with Gasteiger partial charge in [-0.05, 0) is 43.9 Å². The fourth-order valence-electron chi connectivity index (χ4n) is 4.10. The minimum absolute atomic E-state index is 0.0142. The van der Waals surface area contributed by atoms with Gasteiger partial charge in [0.05, 0.1) is 39.1 Å². The van der Waals surface area contributed by atoms with E-state index in [2.05, 4.69) is 25.1 Å². The predicted molar refractivity (Wildman–Crippen MR) is 119 cm³/mol. The van der Waals surface area contributed by atoms with Gasteiger partial charge in [0.15, 0.2) is 6.29 Å². The number of hydrogen-bond acceptors (Lipinski definition) is 5. The molecule has 2 aliphatic heterocycles. The van der Waals surface area contributed by atoms with E-state index >= 15 is 0 Å². The Morgan fingerprint density at radius 2 is 1.77 bits per heavy atom. The van der Waals surface area contributed by atoms with E-state index in [1.165, 1.54) is 11.1 Å². The molecule has 0 spiro atoms. The Hall–Kier alpha value is -2.18. The van der Waals surface area contributed by atoms with Crippen molar-refractivity contribution in [3.8, 4) is 5.75 Å². The van der Waals surface area contributed by atoms with Crippen LogP contribution in [-0.2, 0) is 25.6 Å². The Balaban J connectivity index is 1.37. The van der Waals surface area contributed by atoms with Crippen LogP contribution in [0.5, 0.6) is 5.75 Å². The zero-order chi connectivity index (χ0) is 21.5. The highest BCUT2D eigenvalue weighted by atomic mass is 16.7. The van der Waals surface area contributed by atoms with Gasteiger partial charge in [-0.2, -0.15) is 0 Å². The van der Waals surface area contributed by atoms with Crippen LogP contribution in [0.4, 0.5) is 0 Å². The van der Waals surface area contributed by atoms with Gasteiger partial charge in [-0.15, -0.1) is 0 Å². The Morgan fingerprint density at radius 1 is 0.968 bits per heavy atom. The number of hydrogen-bond donors (Lipinski definition) is 0. The molecule has 0 saturated carbocycles. The quantitative estimate of drug-likeness (QED) is 0.596. The first-order valence-corrected chi connectivity index (χ1v) is 11.0. The highest BCUT2D eigenvalue weighted by molar-refractivity contribution is 5.28. The molecule has 0 radical (unpaired) electrons. The first kappa shape index (κ1) is 22.0. The minimum Gasteiger partial charge on any atom is -0.497 e. The molecule has 5 heteroatoms. The number of rotatable bonds is 6. The molecule has 0 aromatic heterocycles. The summed E-state index contributed by atoms with van der Waals surface area (Å²) in [5.74, 6) is 0.821. The van der Waals surface area contributed by atoms with Gasteiger partial charge < -0.3 is 23.7 Å². The van der Waals surface area contributed by atoms with Crippen molar-refractivity contribution in [3.05, 3.63) is 77.4 Å². The summed E-state index contributed by atoms with van der Waals surface area (Å²) in [5.41, 5.74) is 3.50. The first-order valence-electron chi connectivity index (χ1n) is 11.0. The molecule has 5 nitrogen and oxygen atoms in total. The molecule has 0 N–H and O–H groups in total. The molecule has 1 unspecified atom stereocenters. The zero-order valence-electron chi connectivity index (χ0n) is 18.4. The maximum atomic E-state index is 6.47. The summed E-state index contributed by atoms with van der Waals surface area (Å²) in [6.07, 6.45) is 4.54. The normalized spacial score (nSPS) is 28.4. The van der Waals surface area contributed by atoms with Gasteiger partial charge in [0.25, 0.3) is 0 Å². The van der Waals surface area contributed by atoms with Gasteiger partial charge in [-0.1, -0.05) is 54.1 Å². The summed E-state index contributed by atoms with van der Waals surface area (Å²) in [7, 11) is 1.66. The van der Waals surface area contributed by atoms with Crippen LogP contribution in [0.1, 0.15) is 43.6 Å². The Bertz CT molecular complexity index is 833. The summed E-state index contributed by atoms with van der Waals surface area (Å²) >= 11 is 0. The van der Waals surface area contributed by atoms with E-state index in [1.54, 1.807) is 7.11 Å². The minimum atomic E-state index is -0.380. The monoisotopic (exact) mass is 424 g/mol. The van der Waals surface area contributed by atoms with Crippen LogP contribution in [0.3, 0.4) is 0 Å². The molecule has 2 aromatic carbocycles. The Morgan fingerprint density at radius 3 is 2.55 bits per heavy atom. The van der Waals surface area contributed by atoms with Crippen LogP contribution in [0.25, 0.3) is 0 Å². The van der Waals surface area contributed by atoms with Crippen LogP contribution in [0, 0.1) is 0 Å². The lowest BCUT2D eigenvalue weighted by Gasteiger charge is -2.38. The molecule has 0 amide bonds. The van der Waals surface area contributed by atoms with Crippen molar-refractivity contribution in [2.24, 2.45) is 0 Å². The predicted octanol–water partition coefficient (Wildman–Crippen LogP) is 5.21. The SMILES string of the molecule is COc1ccc(C2OC[C@H]3O[C@@H](COCc4ccccc4)C/C(C)=C\CC[C@H]3O2)cc1. The fourth-order valence-corrected chi connectivity index (χ4v) is 4.10. The molecule has 2 aliphatic rings. The molecular formula is C26H32O5. The average molecular weight is 425 g/mol. The highest BCUT2D eigenvalue weighted by Gasteiger charge is 2.35. The van der Waals surface area contributed by atoms with Gasteiger partial charge in [0.1, 0.15) is 11.9 Å². The molecule has 166 valence electrons. The summed E-state index contributed by atoms with van der Waals surface area (Å²) in [5, 5.41) is 0. The van der Waals surface area contributed by atoms with Crippen LogP contribution in [0.15, 0.2) is 66.2 Å². The molecular weight excluding hydrogens is 392 g/mol. The Labute approximate surface area is 184 Å². The van der Waals surface area contributed by atoms with Crippen molar-refractivity contribution in [1.82, 2.24) is 0 Å². The molecule has 4 atom stereocenters. The lowest BCUT2D eigenvalue weighted by molar-refractivity contribution is -0.275. The van der Waals surface area contributed by atoms with Gasteiger partial charge in [0.2, 0.25) is 0 Å². The van der Waals surface area contributed by atoms with Gasteiger partial charge in [-0.3, -0.25) is 0 Å². The van der Waals surface area contributed by atoms with E-state index in [0.29, 0.717) is 19.8 Å². The molecule has 1 saturated heterocycles. The summed E-state index contributed by atoms with van der Waals surface area (Å²) in [4.78, 5) is 0. The standard InChI is InChI=1S/C26H32O5/c1-19-7-6-10-24-25(18-29-26(31-24)21-11-13-22(27-2)14-12-21)30-23(15-19)17-28-16-20-8-4-3-5-9-20/h3-5,7-9,11-14,23-26H,6,10,15-18H2,1-2H3/b19-7-/t23-,24-,25-,26?/m1/s1. The lowest BCUT2D eigenvalue weighted by Crippen LogP contribution is -2.44. The molecule has 2 heterocycles. The maximum absolute atomic E-state index is 6.47. The number of benzene rings is 2. The largest absolute Gasteiger partial charge is 0.497 e. The number of ether oxygens (including phenoxy) is 5. The average Bonchev–Trinajstić information content (AvgIpc) is 2.87. The van der Waals surface area contributed by atoms with Crippen LogP contribution >= 0.6 is 0 Å². The second-order valence-electron chi connectivity index (χ2n) is 8.24. The van der Waals surface area contributed by atoms with E-state index in [4.69, 9.17) is 23.7 Å². The van der Waals surface area contributed by atoms with Crippen molar-refractivity contribution in [2.45, 2.75) is 57.4 Å². The van der Waals surface area contributed by atoms with Crippen LogP contribution in [-0.4, -0.2) is 38.6 Å². The van der Waals surface area contributed by atoms with E-state index in [0.717, 1.165) is 30.6 Å². The van der Waals surface area contributed by atoms with Crippen molar-refractivity contribution in [3.63, 3.8) is 0 Å². The third-order valence-corrected chi connectivity index (χ3v) is 5.79. The van der Waals surface area contributed by atoms with E-state index in [9.17, 15) is 0 Å². The second-order valence-corrected chi connectivity index (χ2v) is 8.24. The maximum Gasteiger partial charge on any atom is 0.184 e. The topological polar surface area (TPSA) is 46.2 Å². The highest BCUT2D eigenvalue weighted by Crippen LogP contribution is 2.32. The van der Waals surface area contributed by atoms with Crippen LogP contribution in [0.2, 0.25) is 0 Å². The van der Waals surface area contributed by atoms with Gasteiger partial charge in [-0.25, -0.2) is 0 Å². The number of methoxy groups -OCH3 is 1. The lowest BCUT2D eigenvalue weighted by atomic mass is 10.1. The third kappa shape index (κ3) is 6.17. The van der Waals surface area contributed by atoms with E-state index in [1.807, 2.05) is 42.5 Å². The first-order chi connectivity index (χ1) is 15.2. The molecule has 4 rings (SSSR count). The van der Waals surface area contributed by atoms with E-state index in [-0.39, 0.29) is 24.6 Å². The second kappa shape index (κ2) is 10.9.